The largest absolute Gasteiger partial charge is 0.397 e. The fraction of sp³-hybridized carbons (Fsp3) is 0.925. The average Bonchev–Trinajstić information content (AvgIpc) is 3.15. The van der Waals surface area contributed by atoms with Gasteiger partial charge in [-0.1, -0.05) is 167 Å². The van der Waals surface area contributed by atoms with Gasteiger partial charge in [-0.05, 0) is 19.3 Å². The van der Waals surface area contributed by atoms with Crippen molar-refractivity contribution in [2.45, 2.75) is 224 Å². The Balaban J connectivity index is 2.72. The van der Waals surface area contributed by atoms with Crippen LogP contribution in [0.5, 0.6) is 0 Å². The predicted molar refractivity (Wildman–Crippen MR) is 219 cm³/mol. The Labute approximate surface area is 344 Å². The van der Waals surface area contributed by atoms with Crippen molar-refractivity contribution < 1.29 is 63.9 Å². The summed E-state index contributed by atoms with van der Waals surface area (Å²) in [4.78, 5) is 13.0. The van der Waals surface area contributed by atoms with Crippen molar-refractivity contribution in [3.05, 3.63) is 12.2 Å². The van der Waals surface area contributed by atoms with Gasteiger partial charge in [0.2, 0.25) is 5.91 Å². The average molecular weight is 860 g/mol. The summed E-state index contributed by atoms with van der Waals surface area (Å²) in [7, 11) is -10.3. The molecule has 0 aromatic heterocycles. The second-order valence-corrected chi connectivity index (χ2v) is 17.6. The van der Waals surface area contributed by atoms with Gasteiger partial charge in [0, 0.05) is 6.42 Å². The Morgan fingerprint density at radius 3 is 1.60 bits per heavy atom. The minimum Gasteiger partial charge on any atom is -0.387 e. The maximum absolute atomic E-state index is 13.0. The summed E-state index contributed by atoms with van der Waals surface area (Å²) in [5, 5.41) is 35.2. The summed E-state index contributed by atoms with van der Waals surface area (Å²) < 4.78 is 83.1. The summed E-state index contributed by atoms with van der Waals surface area (Å²) in [6.07, 6.45) is 21.8. The molecule has 1 saturated heterocycles. The lowest BCUT2D eigenvalue weighted by Crippen LogP contribution is -2.61. The fourth-order valence-electron chi connectivity index (χ4n) is 6.89. The van der Waals surface area contributed by atoms with Crippen molar-refractivity contribution >= 4 is 26.7 Å². The second-order valence-electron chi connectivity index (χ2n) is 15.5. The van der Waals surface area contributed by atoms with Crippen molar-refractivity contribution in [2.75, 3.05) is 13.2 Å². The van der Waals surface area contributed by atoms with E-state index in [9.17, 15) is 36.9 Å². The van der Waals surface area contributed by atoms with Gasteiger partial charge >= 0.3 is 20.8 Å². The normalized spacial score (nSPS) is 21.6. The molecule has 1 aliphatic heterocycles. The molecule has 338 valence electrons. The van der Waals surface area contributed by atoms with Crippen LogP contribution in [0.2, 0.25) is 0 Å². The van der Waals surface area contributed by atoms with E-state index >= 15 is 0 Å². The van der Waals surface area contributed by atoms with E-state index in [1.807, 2.05) is 6.08 Å². The van der Waals surface area contributed by atoms with Crippen LogP contribution < -0.4 is 5.32 Å². The molecule has 0 bridgehead atoms. The molecule has 0 aromatic carbocycles. The quantitative estimate of drug-likeness (QED) is 0.0209. The lowest BCUT2D eigenvalue weighted by Gasteiger charge is -2.41. The topological polar surface area (TPSA) is 235 Å². The van der Waals surface area contributed by atoms with E-state index in [4.69, 9.17) is 18.6 Å². The van der Waals surface area contributed by atoms with Crippen LogP contribution in [-0.2, 0) is 43.4 Å². The molecule has 7 atom stereocenters. The molecule has 0 saturated carbocycles. The summed E-state index contributed by atoms with van der Waals surface area (Å²) >= 11 is 0. The predicted octanol–water partition coefficient (Wildman–Crippen LogP) is 7.04. The molecular weight excluding hydrogens is 783 g/mol. The zero-order valence-electron chi connectivity index (χ0n) is 34.7. The van der Waals surface area contributed by atoms with Crippen LogP contribution in [0.25, 0.3) is 0 Å². The monoisotopic (exact) mass is 859 g/mol. The van der Waals surface area contributed by atoms with Crippen molar-refractivity contribution in [3.63, 3.8) is 0 Å². The molecule has 57 heavy (non-hydrogen) atoms. The molecule has 0 spiro atoms. The molecule has 1 aliphatic rings. The number of hydrogen-bond acceptors (Lipinski definition) is 12. The van der Waals surface area contributed by atoms with Crippen molar-refractivity contribution in [3.8, 4) is 0 Å². The number of aliphatic hydroxyl groups excluding tert-OH is 3. The van der Waals surface area contributed by atoms with E-state index in [0.717, 1.165) is 44.9 Å². The van der Waals surface area contributed by atoms with E-state index in [2.05, 4.69) is 27.5 Å². The number of aliphatic hydroxyl groups is 3. The molecule has 0 aliphatic carbocycles. The second kappa shape index (κ2) is 32.5. The minimum atomic E-state index is -5.23. The maximum atomic E-state index is 13.0. The smallest absolute Gasteiger partial charge is 0.387 e. The SMILES string of the molecule is CCCCCCCCCCCCC/C=C/[C@@H](O)[C@H](CO[C@@H]1O[C@H](COS(=O)(=O)O)[C@H](OS(=O)(=O)O)[C@H](O)[C@H]1O)NC(=O)CCCCCCCCCCCCCCC. The van der Waals surface area contributed by atoms with E-state index in [-0.39, 0.29) is 12.3 Å². The van der Waals surface area contributed by atoms with Gasteiger partial charge in [-0.15, -0.1) is 0 Å². The fourth-order valence-corrected chi connectivity index (χ4v) is 7.72. The third kappa shape index (κ3) is 28.8. The first-order valence-electron chi connectivity index (χ1n) is 21.7. The van der Waals surface area contributed by atoms with Crippen molar-refractivity contribution in [1.29, 1.82) is 0 Å². The number of hydrogen-bond donors (Lipinski definition) is 6. The Kier molecular flexibility index (Phi) is 30.7. The number of carbonyl (C=O) groups excluding carboxylic acids is 1. The van der Waals surface area contributed by atoms with Gasteiger partial charge in [0.15, 0.2) is 6.29 Å². The molecule has 1 amide bonds. The first-order valence-corrected chi connectivity index (χ1v) is 24.5. The lowest BCUT2D eigenvalue weighted by molar-refractivity contribution is -0.297. The van der Waals surface area contributed by atoms with Crippen LogP contribution in [-0.4, -0.2) is 103 Å². The number of nitrogens with one attached hydrogen (secondary N) is 1. The van der Waals surface area contributed by atoms with Gasteiger partial charge in [0.1, 0.15) is 24.4 Å². The molecule has 15 nitrogen and oxygen atoms in total. The number of ether oxygens (including phenoxy) is 2. The highest BCUT2D eigenvalue weighted by atomic mass is 32.3. The molecule has 1 heterocycles. The standard InChI is InChI=1S/C40H77NO14S2/c1-3-5-7-9-11-13-15-17-19-21-23-25-27-29-34(42)33(41-36(43)30-28-26-24-22-20-18-16-14-12-10-8-6-4-2)31-52-40-38(45)37(44)39(55-57(49,50)51)35(54-40)32-53-56(46,47)48/h27,29,33-35,37-40,42,44-45H,3-26,28,30-32H2,1-2H3,(H,41,43)(H,46,47,48)(H,49,50,51)/b29-27+/t33-,34+,35+,37+,38+,39-,40+/m0/s1. The lowest BCUT2D eigenvalue weighted by atomic mass is 9.99. The van der Waals surface area contributed by atoms with Gasteiger partial charge in [0.25, 0.3) is 0 Å². The Morgan fingerprint density at radius 1 is 0.684 bits per heavy atom. The number of allylic oxidation sites excluding steroid dienone is 1. The Bertz CT molecular complexity index is 1250. The van der Waals surface area contributed by atoms with E-state index in [0.29, 0.717) is 6.42 Å². The van der Waals surface area contributed by atoms with Crippen LogP contribution in [0.3, 0.4) is 0 Å². The first kappa shape index (κ1) is 53.8. The Morgan fingerprint density at radius 2 is 1.14 bits per heavy atom. The van der Waals surface area contributed by atoms with Gasteiger partial charge in [0.05, 0.1) is 25.4 Å². The number of carbonyl (C=O) groups is 1. The van der Waals surface area contributed by atoms with E-state index < -0.39 is 76.9 Å². The van der Waals surface area contributed by atoms with Crippen LogP contribution in [0.1, 0.15) is 181 Å². The van der Waals surface area contributed by atoms with Crippen molar-refractivity contribution in [2.24, 2.45) is 0 Å². The Hall–Kier alpha value is -1.25. The molecule has 0 radical (unpaired) electrons. The molecular formula is C40H77NO14S2. The summed E-state index contributed by atoms with van der Waals surface area (Å²) in [6.45, 7) is 2.90. The van der Waals surface area contributed by atoms with Gasteiger partial charge in [-0.25, -0.2) is 8.37 Å². The molecule has 17 heteroatoms. The van der Waals surface area contributed by atoms with Crippen LogP contribution >= 0.6 is 0 Å². The highest BCUT2D eigenvalue weighted by Crippen LogP contribution is 2.27. The van der Waals surface area contributed by atoms with Crippen LogP contribution in [0, 0.1) is 0 Å². The minimum absolute atomic E-state index is 0.217. The molecule has 1 rings (SSSR count). The molecule has 6 N–H and O–H groups in total. The van der Waals surface area contributed by atoms with E-state index in [1.165, 1.54) is 109 Å². The van der Waals surface area contributed by atoms with Gasteiger partial charge in [-0.2, -0.15) is 16.8 Å². The highest BCUT2D eigenvalue weighted by Gasteiger charge is 2.48. The number of amides is 1. The van der Waals surface area contributed by atoms with Crippen LogP contribution in [0.15, 0.2) is 12.2 Å². The maximum Gasteiger partial charge on any atom is 0.397 e. The molecule has 1 fully saturated rings. The van der Waals surface area contributed by atoms with Gasteiger partial charge < -0.3 is 30.1 Å². The first-order chi connectivity index (χ1) is 27.2. The van der Waals surface area contributed by atoms with Crippen molar-refractivity contribution in [1.82, 2.24) is 5.32 Å². The summed E-state index contributed by atoms with van der Waals surface area (Å²) in [5.41, 5.74) is 0. The molecule has 0 unspecified atom stereocenters. The molecule has 0 aromatic rings. The van der Waals surface area contributed by atoms with Crippen LogP contribution in [0.4, 0.5) is 0 Å². The summed E-state index contributed by atoms with van der Waals surface area (Å²) in [5.74, 6) is -0.323. The van der Waals surface area contributed by atoms with Gasteiger partial charge in [-0.3, -0.25) is 13.9 Å². The van der Waals surface area contributed by atoms with E-state index in [1.54, 1.807) is 6.08 Å². The number of unbranched alkanes of at least 4 members (excludes halogenated alkanes) is 23. The highest BCUT2D eigenvalue weighted by molar-refractivity contribution is 7.81. The third-order valence-corrected chi connectivity index (χ3v) is 11.2. The zero-order valence-corrected chi connectivity index (χ0v) is 36.4. The zero-order chi connectivity index (χ0) is 42.4. The summed E-state index contributed by atoms with van der Waals surface area (Å²) in [6, 6.07) is -1.03. The number of rotatable bonds is 37. The third-order valence-electron chi connectivity index (χ3n) is 10.3.